The van der Waals surface area contributed by atoms with E-state index < -0.39 is 0 Å². The fraction of sp³-hybridized carbons (Fsp3) is 1.00. The SMILES string of the molecule is OC1CCN(CC2CCCCNC2)CC1. The second kappa shape index (κ2) is 5.83. The van der Waals surface area contributed by atoms with Gasteiger partial charge in [-0.25, -0.2) is 0 Å². The summed E-state index contributed by atoms with van der Waals surface area (Å²) < 4.78 is 0. The van der Waals surface area contributed by atoms with Gasteiger partial charge in [-0.05, 0) is 44.7 Å². The van der Waals surface area contributed by atoms with Crippen molar-refractivity contribution in [3.63, 3.8) is 0 Å². The molecule has 0 bridgehead atoms. The first-order valence-corrected chi connectivity index (χ1v) is 6.46. The monoisotopic (exact) mass is 212 g/mol. The van der Waals surface area contributed by atoms with Gasteiger partial charge in [-0.3, -0.25) is 0 Å². The van der Waals surface area contributed by atoms with Crippen molar-refractivity contribution in [3.05, 3.63) is 0 Å². The van der Waals surface area contributed by atoms with E-state index in [4.69, 9.17) is 0 Å². The summed E-state index contributed by atoms with van der Waals surface area (Å²) >= 11 is 0. The molecule has 15 heavy (non-hydrogen) atoms. The zero-order valence-electron chi connectivity index (χ0n) is 9.62. The molecule has 88 valence electrons. The van der Waals surface area contributed by atoms with Gasteiger partial charge in [0.15, 0.2) is 0 Å². The lowest BCUT2D eigenvalue weighted by Crippen LogP contribution is -2.40. The molecule has 2 aliphatic heterocycles. The van der Waals surface area contributed by atoms with Crippen LogP contribution in [0.1, 0.15) is 32.1 Å². The molecule has 0 saturated carbocycles. The maximum atomic E-state index is 9.44. The molecule has 3 nitrogen and oxygen atoms in total. The van der Waals surface area contributed by atoms with Crippen molar-refractivity contribution >= 4 is 0 Å². The van der Waals surface area contributed by atoms with Gasteiger partial charge in [-0.15, -0.1) is 0 Å². The van der Waals surface area contributed by atoms with Crippen molar-refractivity contribution in [2.45, 2.75) is 38.2 Å². The van der Waals surface area contributed by atoms with Crippen LogP contribution in [0.4, 0.5) is 0 Å². The molecule has 0 aliphatic carbocycles. The zero-order valence-corrected chi connectivity index (χ0v) is 9.62. The van der Waals surface area contributed by atoms with Crippen molar-refractivity contribution in [3.8, 4) is 0 Å². The lowest BCUT2D eigenvalue weighted by molar-refractivity contribution is 0.0742. The Morgan fingerprint density at radius 2 is 1.93 bits per heavy atom. The first kappa shape index (κ1) is 11.4. The van der Waals surface area contributed by atoms with Gasteiger partial charge < -0.3 is 15.3 Å². The van der Waals surface area contributed by atoms with Crippen LogP contribution in [0, 0.1) is 5.92 Å². The third kappa shape index (κ3) is 3.74. The van der Waals surface area contributed by atoms with E-state index in [9.17, 15) is 5.11 Å². The van der Waals surface area contributed by atoms with Gasteiger partial charge in [-0.2, -0.15) is 0 Å². The average molecular weight is 212 g/mol. The predicted octanol–water partition coefficient (Wildman–Crippen LogP) is 0.833. The van der Waals surface area contributed by atoms with Crippen LogP contribution in [-0.2, 0) is 0 Å². The van der Waals surface area contributed by atoms with Gasteiger partial charge in [-0.1, -0.05) is 6.42 Å². The topological polar surface area (TPSA) is 35.5 Å². The van der Waals surface area contributed by atoms with Crippen molar-refractivity contribution in [2.75, 3.05) is 32.7 Å². The molecule has 1 atom stereocenters. The summed E-state index contributed by atoms with van der Waals surface area (Å²) in [4.78, 5) is 2.53. The van der Waals surface area contributed by atoms with Gasteiger partial charge in [0.25, 0.3) is 0 Å². The maximum Gasteiger partial charge on any atom is 0.0564 e. The van der Waals surface area contributed by atoms with Crippen molar-refractivity contribution in [1.29, 1.82) is 0 Å². The average Bonchev–Trinajstić information content (AvgIpc) is 2.50. The summed E-state index contributed by atoms with van der Waals surface area (Å²) in [5.74, 6) is 0.836. The minimum absolute atomic E-state index is 0.0338. The molecule has 0 aromatic carbocycles. The van der Waals surface area contributed by atoms with Crippen LogP contribution >= 0.6 is 0 Å². The zero-order chi connectivity index (χ0) is 10.5. The molecule has 0 amide bonds. The number of piperidine rings is 1. The third-order valence-electron chi connectivity index (χ3n) is 3.72. The van der Waals surface area contributed by atoms with Crippen LogP contribution < -0.4 is 5.32 Å². The predicted molar refractivity (Wildman–Crippen MR) is 61.9 cm³/mol. The molecule has 2 aliphatic rings. The van der Waals surface area contributed by atoms with Crippen molar-refractivity contribution < 1.29 is 5.11 Å². The first-order valence-electron chi connectivity index (χ1n) is 6.46. The summed E-state index contributed by atoms with van der Waals surface area (Å²) in [5.41, 5.74) is 0. The molecular formula is C12H24N2O. The highest BCUT2D eigenvalue weighted by atomic mass is 16.3. The smallest absolute Gasteiger partial charge is 0.0564 e. The molecule has 0 radical (unpaired) electrons. The highest BCUT2D eigenvalue weighted by molar-refractivity contribution is 4.76. The summed E-state index contributed by atoms with van der Waals surface area (Å²) in [5, 5.41) is 13.0. The molecule has 0 aromatic heterocycles. The van der Waals surface area contributed by atoms with Gasteiger partial charge in [0, 0.05) is 19.6 Å². The molecule has 2 fully saturated rings. The molecule has 0 aromatic rings. The summed E-state index contributed by atoms with van der Waals surface area (Å²) in [6, 6.07) is 0. The Morgan fingerprint density at radius 1 is 1.13 bits per heavy atom. The van der Waals surface area contributed by atoms with E-state index >= 15 is 0 Å². The molecular weight excluding hydrogens is 188 g/mol. The van der Waals surface area contributed by atoms with E-state index in [1.54, 1.807) is 0 Å². The highest BCUT2D eigenvalue weighted by Gasteiger charge is 2.20. The fourth-order valence-corrected chi connectivity index (χ4v) is 2.71. The van der Waals surface area contributed by atoms with Gasteiger partial charge in [0.2, 0.25) is 0 Å². The van der Waals surface area contributed by atoms with E-state index in [-0.39, 0.29) is 6.10 Å². The molecule has 2 heterocycles. The van der Waals surface area contributed by atoms with E-state index in [1.165, 1.54) is 38.9 Å². The third-order valence-corrected chi connectivity index (χ3v) is 3.72. The quantitative estimate of drug-likeness (QED) is 0.712. The Labute approximate surface area is 92.8 Å². The van der Waals surface area contributed by atoms with Crippen LogP contribution in [0.3, 0.4) is 0 Å². The number of aliphatic hydroxyl groups excluding tert-OH is 1. The fourth-order valence-electron chi connectivity index (χ4n) is 2.71. The number of hydrogen-bond donors (Lipinski definition) is 2. The minimum atomic E-state index is -0.0338. The number of likely N-dealkylation sites (tertiary alicyclic amines) is 1. The van der Waals surface area contributed by atoms with E-state index in [1.807, 2.05) is 0 Å². The summed E-state index contributed by atoms with van der Waals surface area (Å²) in [7, 11) is 0. The van der Waals surface area contributed by atoms with Gasteiger partial charge in [0.1, 0.15) is 0 Å². The largest absolute Gasteiger partial charge is 0.393 e. The summed E-state index contributed by atoms with van der Waals surface area (Å²) in [6.07, 6.45) is 6.02. The minimum Gasteiger partial charge on any atom is -0.393 e. The Bertz CT molecular complexity index is 170. The normalized spacial score (nSPS) is 31.4. The number of hydrogen-bond acceptors (Lipinski definition) is 3. The van der Waals surface area contributed by atoms with Crippen molar-refractivity contribution in [1.82, 2.24) is 10.2 Å². The highest BCUT2D eigenvalue weighted by Crippen LogP contribution is 2.16. The number of nitrogens with one attached hydrogen (secondary N) is 1. The lowest BCUT2D eigenvalue weighted by Gasteiger charge is -2.32. The molecule has 2 rings (SSSR count). The Kier molecular flexibility index (Phi) is 4.42. The standard InChI is InChI=1S/C12H24N2O/c15-12-4-7-14(8-5-12)10-11-3-1-2-6-13-9-11/h11-13,15H,1-10H2. The van der Waals surface area contributed by atoms with Crippen LogP contribution in [0.5, 0.6) is 0 Å². The molecule has 2 saturated heterocycles. The molecule has 1 unspecified atom stereocenters. The van der Waals surface area contributed by atoms with Gasteiger partial charge >= 0.3 is 0 Å². The Balaban J connectivity index is 1.70. The van der Waals surface area contributed by atoms with Crippen LogP contribution in [-0.4, -0.2) is 48.8 Å². The van der Waals surface area contributed by atoms with Gasteiger partial charge in [0.05, 0.1) is 6.10 Å². The van der Waals surface area contributed by atoms with Crippen LogP contribution in [0.25, 0.3) is 0 Å². The first-order chi connectivity index (χ1) is 7.34. The molecule has 2 N–H and O–H groups in total. The van der Waals surface area contributed by atoms with Crippen molar-refractivity contribution in [2.24, 2.45) is 5.92 Å². The Hall–Kier alpha value is -0.120. The van der Waals surface area contributed by atoms with Crippen LogP contribution in [0.15, 0.2) is 0 Å². The summed E-state index contributed by atoms with van der Waals surface area (Å²) in [6.45, 7) is 5.82. The number of rotatable bonds is 2. The lowest BCUT2D eigenvalue weighted by atomic mass is 10.0. The molecule has 0 spiro atoms. The second-order valence-corrected chi connectivity index (χ2v) is 5.10. The maximum absolute atomic E-state index is 9.44. The van der Waals surface area contributed by atoms with E-state index in [0.717, 1.165) is 31.8 Å². The Morgan fingerprint density at radius 3 is 2.73 bits per heavy atom. The van der Waals surface area contributed by atoms with E-state index in [2.05, 4.69) is 10.2 Å². The molecule has 3 heteroatoms. The number of nitrogens with zero attached hydrogens (tertiary/aromatic N) is 1. The second-order valence-electron chi connectivity index (χ2n) is 5.10. The van der Waals surface area contributed by atoms with E-state index in [0.29, 0.717) is 0 Å². The van der Waals surface area contributed by atoms with Crippen LogP contribution in [0.2, 0.25) is 0 Å². The number of aliphatic hydroxyl groups is 1.